The number of piperazine rings is 1. The Morgan fingerprint density at radius 1 is 1.15 bits per heavy atom. The van der Waals surface area contributed by atoms with Gasteiger partial charge >= 0.3 is 12.4 Å². The van der Waals surface area contributed by atoms with E-state index in [-0.39, 0.29) is 23.9 Å². The largest absolute Gasteiger partial charge is 0.573 e. The van der Waals surface area contributed by atoms with E-state index in [4.69, 9.17) is 0 Å². The fraction of sp³-hybridized carbons (Fsp3) is 0.389. The Kier molecular flexibility index (Phi) is 6.22. The van der Waals surface area contributed by atoms with Crippen molar-refractivity contribution in [1.82, 2.24) is 15.1 Å². The molecule has 1 fully saturated rings. The van der Waals surface area contributed by atoms with Gasteiger partial charge in [-0.25, -0.2) is 4.79 Å². The van der Waals surface area contributed by atoms with Crippen molar-refractivity contribution in [3.8, 4) is 5.75 Å². The number of benzene rings is 1. The van der Waals surface area contributed by atoms with Gasteiger partial charge in [0.15, 0.2) is 0 Å². The summed E-state index contributed by atoms with van der Waals surface area (Å²) < 4.78 is 41.4. The zero-order valence-electron chi connectivity index (χ0n) is 14.5. The van der Waals surface area contributed by atoms with Gasteiger partial charge in [0.05, 0.1) is 0 Å². The number of para-hydroxylation sites is 1. The van der Waals surface area contributed by atoms with Crippen molar-refractivity contribution in [3.05, 3.63) is 52.2 Å². The molecule has 1 aliphatic heterocycles. The highest BCUT2D eigenvalue weighted by atomic mass is 32.1. The molecular formula is C18H20F3N3O2S. The third-order valence-electron chi connectivity index (χ3n) is 4.27. The molecule has 146 valence electrons. The van der Waals surface area contributed by atoms with Crippen LogP contribution in [0.1, 0.15) is 11.1 Å². The molecule has 3 rings (SSSR count). The molecule has 2 aromatic rings. The van der Waals surface area contributed by atoms with Crippen LogP contribution in [0.5, 0.6) is 5.75 Å². The van der Waals surface area contributed by atoms with Crippen molar-refractivity contribution in [2.45, 2.75) is 19.5 Å². The normalized spacial score (nSPS) is 15.6. The van der Waals surface area contributed by atoms with Crippen molar-refractivity contribution < 1.29 is 22.7 Å². The Labute approximate surface area is 159 Å². The Bertz CT molecular complexity index is 745. The van der Waals surface area contributed by atoms with Crippen LogP contribution in [0.3, 0.4) is 0 Å². The number of carbonyl (C=O) groups is 1. The van der Waals surface area contributed by atoms with Crippen LogP contribution in [0.4, 0.5) is 18.0 Å². The number of thiophene rings is 1. The second-order valence-corrected chi connectivity index (χ2v) is 6.99. The lowest BCUT2D eigenvalue weighted by Gasteiger charge is -2.34. The first-order chi connectivity index (χ1) is 12.9. The molecule has 1 aromatic carbocycles. The second-order valence-electron chi connectivity index (χ2n) is 6.21. The summed E-state index contributed by atoms with van der Waals surface area (Å²) in [5, 5.41) is 6.83. The number of hydrogen-bond donors (Lipinski definition) is 1. The first-order valence-corrected chi connectivity index (χ1v) is 9.45. The predicted octanol–water partition coefficient (Wildman–Crippen LogP) is 3.67. The minimum atomic E-state index is -4.76. The number of nitrogens with zero attached hydrogens (tertiary/aromatic N) is 2. The monoisotopic (exact) mass is 399 g/mol. The Morgan fingerprint density at radius 3 is 2.56 bits per heavy atom. The highest BCUT2D eigenvalue weighted by molar-refractivity contribution is 7.07. The molecule has 1 N–H and O–H groups in total. The molecule has 0 bridgehead atoms. The Hall–Kier alpha value is -2.26. The van der Waals surface area contributed by atoms with E-state index in [2.05, 4.69) is 26.4 Å². The number of carbonyl (C=O) groups excluding carboxylic acids is 1. The molecular weight excluding hydrogens is 379 g/mol. The van der Waals surface area contributed by atoms with E-state index < -0.39 is 6.36 Å². The van der Waals surface area contributed by atoms with E-state index in [0.29, 0.717) is 13.1 Å². The van der Waals surface area contributed by atoms with E-state index in [1.807, 2.05) is 5.38 Å². The summed E-state index contributed by atoms with van der Waals surface area (Å²) in [6.07, 6.45) is -4.76. The van der Waals surface area contributed by atoms with Crippen LogP contribution in [0.2, 0.25) is 0 Å². The number of urea groups is 1. The zero-order chi connectivity index (χ0) is 19.3. The standard InChI is InChI=1S/C18H20F3N3O2S/c19-18(20,21)26-16-4-2-1-3-15(16)11-22-17(25)24-8-6-23(7-9-24)12-14-5-10-27-13-14/h1-5,10,13H,6-9,11-12H2,(H,22,25). The van der Waals surface area contributed by atoms with Crippen LogP contribution < -0.4 is 10.1 Å². The van der Waals surface area contributed by atoms with E-state index in [0.717, 1.165) is 19.6 Å². The summed E-state index contributed by atoms with van der Waals surface area (Å²) in [5.74, 6) is -0.300. The number of amides is 2. The second kappa shape index (κ2) is 8.62. The zero-order valence-corrected chi connectivity index (χ0v) is 15.4. The molecule has 0 saturated carbocycles. The van der Waals surface area contributed by atoms with Gasteiger partial charge in [-0.15, -0.1) is 13.2 Å². The third kappa shape index (κ3) is 5.86. The van der Waals surface area contributed by atoms with Crippen molar-refractivity contribution >= 4 is 17.4 Å². The number of hydrogen-bond acceptors (Lipinski definition) is 4. The SMILES string of the molecule is O=C(NCc1ccccc1OC(F)(F)F)N1CCN(Cc2ccsc2)CC1. The van der Waals surface area contributed by atoms with Crippen molar-refractivity contribution in [3.63, 3.8) is 0 Å². The van der Waals surface area contributed by atoms with Crippen LogP contribution in [0, 0.1) is 0 Å². The van der Waals surface area contributed by atoms with Gasteiger partial charge in [-0.1, -0.05) is 18.2 Å². The van der Waals surface area contributed by atoms with Crippen molar-refractivity contribution in [2.75, 3.05) is 26.2 Å². The number of alkyl halides is 3. The molecule has 0 unspecified atom stereocenters. The average Bonchev–Trinajstić information content (AvgIpc) is 3.13. The first-order valence-electron chi connectivity index (χ1n) is 8.50. The maximum Gasteiger partial charge on any atom is 0.573 e. The molecule has 0 radical (unpaired) electrons. The van der Waals surface area contributed by atoms with Crippen LogP contribution in [-0.2, 0) is 13.1 Å². The quantitative estimate of drug-likeness (QED) is 0.834. The number of halogens is 3. The highest BCUT2D eigenvalue weighted by Gasteiger charge is 2.32. The molecule has 2 heterocycles. The fourth-order valence-electron chi connectivity index (χ4n) is 2.91. The lowest BCUT2D eigenvalue weighted by atomic mass is 10.2. The van der Waals surface area contributed by atoms with Gasteiger partial charge in [-0.2, -0.15) is 11.3 Å². The maximum atomic E-state index is 12.5. The summed E-state index contributed by atoms with van der Waals surface area (Å²) in [6, 6.07) is 7.60. The first kappa shape index (κ1) is 19.5. The molecule has 0 spiro atoms. The molecule has 27 heavy (non-hydrogen) atoms. The summed E-state index contributed by atoms with van der Waals surface area (Å²) in [4.78, 5) is 16.3. The van der Waals surface area contributed by atoms with Crippen LogP contribution in [-0.4, -0.2) is 48.4 Å². The molecule has 0 aliphatic carbocycles. The molecule has 0 atom stereocenters. The van der Waals surface area contributed by atoms with E-state index in [1.54, 1.807) is 22.3 Å². The number of rotatable bonds is 5. The van der Waals surface area contributed by atoms with Gasteiger partial charge in [0.25, 0.3) is 0 Å². The molecule has 1 aromatic heterocycles. The third-order valence-corrected chi connectivity index (χ3v) is 5.01. The number of ether oxygens (including phenoxy) is 1. The van der Waals surface area contributed by atoms with Crippen LogP contribution >= 0.6 is 11.3 Å². The van der Waals surface area contributed by atoms with Gasteiger partial charge in [-0.05, 0) is 28.5 Å². The maximum absolute atomic E-state index is 12.5. The molecule has 5 nitrogen and oxygen atoms in total. The molecule has 9 heteroatoms. The summed E-state index contributed by atoms with van der Waals surface area (Å²) >= 11 is 1.66. The Morgan fingerprint density at radius 2 is 1.89 bits per heavy atom. The van der Waals surface area contributed by atoms with Gasteiger partial charge < -0.3 is 15.0 Å². The Balaban J connectivity index is 1.48. The van der Waals surface area contributed by atoms with E-state index >= 15 is 0 Å². The van der Waals surface area contributed by atoms with Crippen LogP contribution in [0.25, 0.3) is 0 Å². The van der Waals surface area contributed by atoms with E-state index in [1.165, 1.54) is 23.8 Å². The topological polar surface area (TPSA) is 44.8 Å². The summed E-state index contributed by atoms with van der Waals surface area (Å²) in [7, 11) is 0. The highest BCUT2D eigenvalue weighted by Crippen LogP contribution is 2.26. The minimum Gasteiger partial charge on any atom is -0.405 e. The summed E-state index contributed by atoms with van der Waals surface area (Å²) in [5.41, 5.74) is 1.54. The van der Waals surface area contributed by atoms with Crippen molar-refractivity contribution in [2.24, 2.45) is 0 Å². The van der Waals surface area contributed by atoms with Gasteiger partial charge in [0, 0.05) is 44.8 Å². The van der Waals surface area contributed by atoms with Gasteiger partial charge in [0.2, 0.25) is 0 Å². The minimum absolute atomic E-state index is 0.0276. The van der Waals surface area contributed by atoms with Gasteiger partial charge in [0.1, 0.15) is 5.75 Å². The predicted molar refractivity (Wildman–Crippen MR) is 96.5 cm³/mol. The molecule has 1 saturated heterocycles. The van der Waals surface area contributed by atoms with Crippen LogP contribution in [0.15, 0.2) is 41.1 Å². The number of nitrogens with one attached hydrogen (secondary N) is 1. The lowest BCUT2D eigenvalue weighted by Crippen LogP contribution is -2.51. The fourth-order valence-corrected chi connectivity index (χ4v) is 3.57. The molecule has 2 amide bonds. The van der Waals surface area contributed by atoms with E-state index in [9.17, 15) is 18.0 Å². The molecule has 1 aliphatic rings. The van der Waals surface area contributed by atoms with Gasteiger partial charge in [-0.3, -0.25) is 4.90 Å². The average molecular weight is 399 g/mol. The van der Waals surface area contributed by atoms with Crippen molar-refractivity contribution in [1.29, 1.82) is 0 Å². The lowest BCUT2D eigenvalue weighted by molar-refractivity contribution is -0.274. The smallest absolute Gasteiger partial charge is 0.405 e. The summed E-state index contributed by atoms with van der Waals surface area (Å²) in [6.45, 7) is 3.52.